The molecule has 0 fully saturated rings. The number of hydrazone groups is 1. The van der Waals surface area contributed by atoms with E-state index >= 15 is 0 Å². The van der Waals surface area contributed by atoms with Gasteiger partial charge in [-0.05, 0) is 48.0 Å². The van der Waals surface area contributed by atoms with Gasteiger partial charge in [-0.15, -0.1) is 0 Å². The highest BCUT2D eigenvalue weighted by molar-refractivity contribution is 6.39. The molecule has 7 nitrogen and oxygen atoms in total. The van der Waals surface area contributed by atoms with Gasteiger partial charge in [-0.1, -0.05) is 0 Å². The maximum absolute atomic E-state index is 12.8. The number of hydrogen-bond acceptors (Lipinski definition) is 5. The number of aromatic hydroxyl groups is 1. The Balaban J connectivity index is 1.92. The molecular formula is C16H14FN3O4. The third kappa shape index (κ3) is 4.54. The zero-order valence-corrected chi connectivity index (χ0v) is 12.6. The Morgan fingerprint density at radius 1 is 1.17 bits per heavy atom. The number of phenolic OH excluding ortho intramolecular Hbond substituents is 1. The number of rotatable bonds is 4. The van der Waals surface area contributed by atoms with E-state index in [1.54, 1.807) is 6.07 Å². The van der Waals surface area contributed by atoms with Gasteiger partial charge in [0.1, 0.15) is 5.82 Å². The molecule has 0 aliphatic rings. The number of carbonyl (C=O) groups excluding carboxylic acids is 2. The summed E-state index contributed by atoms with van der Waals surface area (Å²) in [6.45, 7) is 0. The molecule has 8 heteroatoms. The Morgan fingerprint density at radius 3 is 2.54 bits per heavy atom. The molecule has 124 valence electrons. The van der Waals surface area contributed by atoms with E-state index in [1.165, 1.54) is 37.6 Å². The monoisotopic (exact) mass is 331 g/mol. The molecule has 2 rings (SSSR count). The highest BCUT2D eigenvalue weighted by Crippen LogP contribution is 2.25. The number of phenols is 1. The van der Waals surface area contributed by atoms with Crippen molar-refractivity contribution in [3.63, 3.8) is 0 Å². The third-order valence-corrected chi connectivity index (χ3v) is 2.89. The van der Waals surface area contributed by atoms with Gasteiger partial charge < -0.3 is 15.2 Å². The third-order valence-electron chi connectivity index (χ3n) is 2.89. The smallest absolute Gasteiger partial charge is 0.329 e. The summed E-state index contributed by atoms with van der Waals surface area (Å²) in [7, 11) is 1.40. The number of carbonyl (C=O) groups is 2. The number of ether oxygens (including phenoxy) is 1. The Hall–Kier alpha value is -3.42. The molecule has 0 aliphatic heterocycles. The van der Waals surface area contributed by atoms with Crippen LogP contribution in [0.3, 0.4) is 0 Å². The van der Waals surface area contributed by atoms with Crippen molar-refractivity contribution < 1.29 is 23.8 Å². The van der Waals surface area contributed by atoms with Gasteiger partial charge in [-0.3, -0.25) is 9.59 Å². The predicted octanol–water partition coefficient (Wildman–Crippen LogP) is 1.63. The van der Waals surface area contributed by atoms with Crippen LogP contribution in [0.1, 0.15) is 5.56 Å². The van der Waals surface area contributed by atoms with Gasteiger partial charge in [0.15, 0.2) is 11.5 Å². The van der Waals surface area contributed by atoms with Gasteiger partial charge in [0.05, 0.1) is 13.3 Å². The number of benzene rings is 2. The standard InChI is InChI=1S/C16H14FN3O4/c1-24-14-8-10(2-7-13(14)21)9-18-20-16(23)15(22)19-12-5-3-11(17)4-6-12/h2-9,21H,1H3,(H,19,22)(H,20,23)/b18-9-. The van der Waals surface area contributed by atoms with Crippen molar-refractivity contribution >= 4 is 23.7 Å². The van der Waals surface area contributed by atoms with Crippen LogP contribution in [0.15, 0.2) is 47.6 Å². The number of methoxy groups -OCH3 is 1. The summed E-state index contributed by atoms with van der Waals surface area (Å²) in [5.74, 6) is -2.16. The molecule has 2 aromatic carbocycles. The minimum Gasteiger partial charge on any atom is -0.504 e. The lowest BCUT2D eigenvalue weighted by molar-refractivity contribution is -0.136. The zero-order valence-electron chi connectivity index (χ0n) is 12.6. The first-order valence-corrected chi connectivity index (χ1v) is 6.76. The molecule has 2 amide bonds. The summed E-state index contributed by atoms with van der Waals surface area (Å²) in [5.41, 5.74) is 2.88. The lowest BCUT2D eigenvalue weighted by Gasteiger charge is -2.04. The van der Waals surface area contributed by atoms with Gasteiger partial charge >= 0.3 is 11.8 Å². The van der Waals surface area contributed by atoms with E-state index in [-0.39, 0.29) is 17.2 Å². The second-order valence-corrected chi connectivity index (χ2v) is 4.59. The normalized spacial score (nSPS) is 10.4. The van der Waals surface area contributed by atoms with Crippen LogP contribution in [-0.4, -0.2) is 30.2 Å². The van der Waals surface area contributed by atoms with Crippen molar-refractivity contribution in [3.8, 4) is 11.5 Å². The summed E-state index contributed by atoms with van der Waals surface area (Å²) >= 11 is 0. The minimum absolute atomic E-state index is 0.0302. The average Bonchev–Trinajstić information content (AvgIpc) is 2.58. The largest absolute Gasteiger partial charge is 0.504 e. The number of anilines is 1. The predicted molar refractivity (Wildman–Crippen MR) is 85.4 cm³/mol. The Kier molecular flexibility index (Phi) is 5.45. The van der Waals surface area contributed by atoms with Gasteiger partial charge in [0.25, 0.3) is 0 Å². The summed E-state index contributed by atoms with van der Waals surface area (Å²) in [5, 5.41) is 15.4. The number of nitrogens with one attached hydrogen (secondary N) is 2. The summed E-state index contributed by atoms with van der Waals surface area (Å²) in [6.07, 6.45) is 1.28. The van der Waals surface area contributed by atoms with E-state index in [0.717, 1.165) is 12.1 Å². The Labute approximate surface area is 136 Å². The van der Waals surface area contributed by atoms with Gasteiger partial charge in [-0.2, -0.15) is 5.10 Å². The lowest BCUT2D eigenvalue weighted by Crippen LogP contribution is -2.32. The number of hydrogen-bond donors (Lipinski definition) is 3. The van der Waals surface area contributed by atoms with E-state index < -0.39 is 17.6 Å². The van der Waals surface area contributed by atoms with E-state index in [4.69, 9.17) is 4.74 Å². The highest BCUT2D eigenvalue weighted by Gasteiger charge is 2.12. The summed E-state index contributed by atoms with van der Waals surface area (Å²) in [6, 6.07) is 9.42. The molecule has 0 atom stereocenters. The zero-order chi connectivity index (χ0) is 17.5. The molecule has 0 bridgehead atoms. The van der Waals surface area contributed by atoms with E-state index in [2.05, 4.69) is 15.8 Å². The fraction of sp³-hybridized carbons (Fsp3) is 0.0625. The first-order valence-electron chi connectivity index (χ1n) is 6.76. The van der Waals surface area contributed by atoms with Crippen LogP contribution in [0.4, 0.5) is 10.1 Å². The van der Waals surface area contributed by atoms with E-state index in [9.17, 15) is 19.1 Å². The maximum Gasteiger partial charge on any atom is 0.329 e. The Bertz CT molecular complexity index is 775. The van der Waals surface area contributed by atoms with Crippen LogP contribution < -0.4 is 15.5 Å². The fourth-order valence-corrected chi connectivity index (χ4v) is 1.71. The van der Waals surface area contributed by atoms with E-state index in [0.29, 0.717) is 5.56 Å². The van der Waals surface area contributed by atoms with Crippen molar-refractivity contribution in [3.05, 3.63) is 53.8 Å². The second-order valence-electron chi connectivity index (χ2n) is 4.59. The van der Waals surface area contributed by atoms with Crippen LogP contribution in [0.5, 0.6) is 11.5 Å². The SMILES string of the molecule is COc1cc(/C=N\NC(=O)C(=O)Nc2ccc(F)cc2)ccc1O. The topological polar surface area (TPSA) is 100 Å². The fourth-order valence-electron chi connectivity index (χ4n) is 1.71. The van der Waals surface area contributed by atoms with Crippen LogP contribution >= 0.6 is 0 Å². The van der Waals surface area contributed by atoms with Crippen LogP contribution in [-0.2, 0) is 9.59 Å². The molecule has 0 saturated carbocycles. The van der Waals surface area contributed by atoms with Crippen molar-refractivity contribution in [2.45, 2.75) is 0 Å². The molecule has 0 unspecified atom stereocenters. The summed E-state index contributed by atoms with van der Waals surface area (Å²) < 4.78 is 17.7. The molecule has 3 N–H and O–H groups in total. The molecule has 0 saturated heterocycles. The molecular weight excluding hydrogens is 317 g/mol. The number of halogens is 1. The summed E-state index contributed by atoms with van der Waals surface area (Å²) in [4.78, 5) is 23.2. The van der Waals surface area contributed by atoms with Crippen LogP contribution in [0.25, 0.3) is 0 Å². The first-order chi connectivity index (χ1) is 11.5. The van der Waals surface area contributed by atoms with Gasteiger partial charge in [0, 0.05) is 5.69 Å². The minimum atomic E-state index is -0.985. The first kappa shape index (κ1) is 16.9. The van der Waals surface area contributed by atoms with E-state index in [1.807, 2.05) is 0 Å². The quantitative estimate of drug-likeness (QED) is 0.450. The maximum atomic E-state index is 12.8. The van der Waals surface area contributed by atoms with Crippen molar-refractivity contribution in [2.24, 2.45) is 5.10 Å². The molecule has 2 aromatic rings. The number of nitrogens with zero attached hydrogens (tertiary/aromatic N) is 1. The number of amides is 2. The van der Waals surface area contributed by atoms with Gasteiger partial charge in [-0.25, -0.2) is 9.82 Å². The molecule has 0 aromatic heterocycles. The molecule has 24 heavy (non-hydrogen) atoms. The molecule has 0 radical (unpaired) electrons. The highest BCUT2D eigenvalue weighted by atomic mass is 19.1. The second kappa shape index (κ2) is 7.73. The van der Waals surface area contributed by atoms with Crippen LogP contribution in [0, 0.1) is 5.82 Å². The van der Waals surface area contributed by atoms with Crippen molar-refractivity contribution in [2.75, 3.05) is 12.4 Å². The van der Waals surface area contributed by atoms with Crippen molar-refractivity contribution in [1.82, 2.24) is 5.43 Å². The lowest BCUT2D eigenvalue weighted by atomic mass is 10.2. The molecule has 0 spiro atoms. The van der Waals surface area contributed by atoms with Gasteiger partial charge in [0.2, 0.25) is 0 Å². The molecule has 0 heterocycles. The average molecular weight is 331 g/mol. The van der Waals surface area contributed by atoms with Crippen molar-refractivity contribution in [1.29, 1.82) is 0 Å². The Morgan fingerprint density at radius 2 is 1.88 bits per heavy atom. The molecule has 0 aliphatic carbocycles. The van der Waals surface area contributed by atoms with Crippen LogP contribution in [0.2, 0.25) is 0 Å².